The Labute approximate surface area is 112 Å². The molecule has 17 heavy (non-hydrogen) atoms. The first-order chi connectivity index (χ1) is 7.97. The number of nitrogens with zero attached hydrogens (tertiary/aromatic N) is 2. The van der Waals surface area contributed by atoms with Crippen molar-refractivity contribution >= 4 is 12.6 Å². The van der Waals surface area contributed by atoms with Gasteiger partial charge in [0.25, 0.3) is 0 Å². The van der Waals surface area contributed by atoms with Crippen molar-refractivity contribution in [3.05, 3.63) is 0 Å². The van der Waals surface area contributed by atoms with Gasteiger partial charge in [-0.2, -0.15) is 12.6 Å². The fourth-order valence-electron chi connectivity index (χ4n) is 2.45. The van der Waals surface area contributed by atoms with Crippen LogP contribution in [0.15, 0.2) is 0 Å². The zero-order valence-corrected chi connectivity index (χ0v) is 12.6. The molecule has 102 valence electrons. The summed E-state index contributed by atoms with van der Waals surface area (Å²) in [6, 6.07) is 0. The topological polar surface area (TPSA) is 15.7 Å². The van der Waals surface area contributed by atoms with Gasteiger partial charge in [0.05, 0.1) is 12.7 Å². The van der Waals surface area contributed by atoms with E-state index in [4.69, 9.17) is 4.74 Å². The Morgan fingerprint density at radius 2 is 2.12 bits per heavy atom. The molecule has 0 saturated carbocycles. The number of hydrogen-bond donors (Lipinski definition) is 1. The lowest BCUT2D eigenvalue weighted by atomic mass is 10.1. The van der Waals surface area contributed by atoms with Crippen LogP contribution in [0.2, 0.25) is 0 Å². The summed E-state index contributed by atoms with van der Waals surface area (Å²) in [5.41, 5.74) is 0. The Hall–Kier alpha value is 0.230. The molecule has 0 amide bonds. The number of likely N-dealkylation sites (N-methyl/N-ethyl adjacent to an activating group) is 1. The predicted molar refractivity (Wildman–Crippen MR) is 77.0 cm³/mol. The molecular formula is C13H28N2OS. The van der Waals surface area contributed by atoms with Gasteiger partial charge in [-0.25, -0.2) is 0 Å². The van der Waals surface area contributed by atoms with Gasteiger partial charge in [-0.15, -0.1) is 0 Å². The highest BCUT2D eigenvalue weighted by atomic mass is 32.1. The molecule has 4 heteroatoms. The first kappa shape index (κ1) is 15.3. The average Bonchev–Trinajstić information content (AvgIpc) is 2.14. The van der Waals surface area contributed by atoms with Crippen molar-refractivity contribution in [2.75, 3.05) is 46.4 Å². The van der Waals surface area contributed by atoms with Crippen LogP contribution >= 0.6 is 12.6 Å². The molecule has 0 bridgehead atoms. The molecule has 0 aromatic carbocycles. The van der Waals surface area contributed by atoms with Crippen LogP contribution in [0.25, 0.3) is 0 Å². The van der Waals surface area contributed by atoms with Gasteiger partial charge in [-0.3, -0.25) is 4.90 Å². The van der Waals surface area contributed by atoms with Crippen LogP contribution in [0.4, 0.5) is 0 Å². The van der Waals surface area contributed by atoms with Gasteiger partial charge in [-0.05, 0) is 13.0 Å². The van der Waals surface area contributed by atoms with Crippen molar-refractivity contribution in [1.29, 1.82) is 0 Å². The summed E-state index contributed by atoms with van der Waals surface area (Å²) < 4.78 is 5.83. The Morgan fingerprint density at radius 1 is 1.41 bits per heavy atom. The van der Waals surface area contributed by atoms with Crippen LogP contribution in [0, 0.1) is 5.92 Å². The Kier molecular flexibility index (Phi) is 6.85. The van der Waals surface area contributed by atoms with Crippen molar-refractivity contribution in [3.8, 4) is 0 Å². The van der Waals surface area contributed by atoms with Crippen LogP contribution in [0.5, 0.6) is 0 Å². The summed E-state index contributed by atoms with van der Waals surface area (Å²) in [4.78, 5) is 4.85. The van der Waals surface area contributed by atoms with Crippen LogP contribution in [-0.4, -0.2) is 67.5 Å². The summed E-state index contributed by atoms with van der Waals surface area (Å²) in [6.45, 7) is 12.9. The summed E-state index contributed by atoms with van der Waals surface area (Å²) in [5.74, 6) is 0.740. The van der Waals surface area contributed by atoms with E-state index < -0.39 is 0 Å². The van der Waals surface area contributed by atoms with Crippen LogP contribution < -0.4 is 0 Å². The van der Waals surface area contributed by atoms with Gasteiger partial charge in [-0.1, -0.05) is 20.8 Å². The van der Waals surface area contributed by atoms with E-state index in [9.17, 15) is 0 Å². The number of morpholine rings is 1. The quantitative estimate of drug-likeness (QED) is 0.731. The smallest absolute Gasteiger partial charge is 0.0829 e. The highest BCUT2D eigenvalue weighted by molar-refractivity contribution is 7.80. The fourth-order valence-corrected chi connectivity index (χ4v) is 2.73. The highest BCUT2D eigenvalue weighted by Gasteiger charge is 2.22. The molecule has 0 spiro atoms. The number of rotatable bonds is 6. The molecule has 1 aliphatic rings. The molecule has 0 aliphatic carbocycles. The Bertz CT molecular complexity index is 210. The van der Waals surface area contributed by atoms with Crippen LogP contribution in [0.3, 0.4) is 0 Å². The summed E-state index contributed by atoms with van der Waals surface area (Å²) in [5, 5.41) is 0.426. The number of hydrogen-bond acceptors (Lipinski definition) is 4. The van der Waals surface area contributed by atoms with Gasteiger partial charge in [0, 0.05) is 38.0 Å². The van der Waals surface area contributed by atoms with Gasteiger partial charge < -0.3 is 9.64 Å². The van der Waals surface area contributed by atoms with Gasteiger partial charge in [0.2, 0.25) is 0 Å². The van der Waals surface area contributed by atoms with Crippen molar-refractivity contribution in [2.45, 2.75) is 32.1 Å². The molecule has 0 aromatic rings. The molecule has 1 saturated heterocycles. The van der Waals surface area contributed by atoms with Gasteiger partial charge in [0.15, 0.2) is 0 Å². The number of ether oxygens (including phenoxy) is 1. The van der Waals surface area contributed by atoms with Crippen molar-refractivity contribution < 1.29 is 4.74 Å². The van der Waals surface area contributed by atoms with Crippen LogP contribution in [-0.2, 0) is 4.74 Å². The molecule has 3 nitrogen and oxygen atoms in total. The lowest BCUT2D eigenvalue weighted by molar-refractivity contribution is -0.0430. The van der Waals surface area contributed by atoms with Crippen molar-refractivity contribution in [2.24, 2.45) is 5.92 Å². The van der Waals surface area contributed by atoms with E-state index >= 15 is 0 Å². The van der Waals surface area contributed by atoms with E-state index in [0.29, 0.717) is 11.4 Å². The third-order valence-electron chi connectivity index (χ3n) is 2.94. The summed E-state index contributed by atoms with van der Waals surface area (Å²) in [6.07, 6.45) is 0.361. The number of thiol groups is 1. The molecule has 0 radical (unpaired) electrons. The third kappa shape index (κ3) is 6.65. The van der Waals surface area contributed by atoms with E-state index in [2.05, 4.69) is 50.2 Å². The molecule has 2 atom stereocenters. The molecule has 1 fully saturated rings. The second-order valence-electron chi connectivity index (χ2n) is 5.72. The van der Waals surface area contributed by atoms with E-state index in [1.54, 1.807) is 0 Å². The molecular weight excluding hydrogens is 232 g/mol. The molecule has 0 aromatic heterocycles. The second kappa shape index (κ2) is 7.62. The predicted octanol–water partition coefficient (Wildman–Crippen LogP) is 1.59. The minimum atomic E-state index is 0.361. The second-order valence-corrected chi connectivity index (χ2v) is 6.60. The molecule has 1 aliphatic heterocycles. The minimum absolute atomic E-state index is 0.361. The maximum absolute atomic E-state index is 5.83. The van der Waals surface area contributed by atoms with E-state index in [-0.39, 0.29) is 0 Å². The maximum atomic E-state index is 5.83. The SMILES string of the molecule is CC(C)CN1CCO[C@@H](CN(C)CC(C)S)C1. The lowest BCUT2D eigenvalue weighted by Gasteiger charge is -2.35. The highest BCUT2D eigenvalue weighted by Crippen LogP contribution is 2.09. The fraction of sp³-hybridized carbons (Fsp3) is 1.00. The standard InChI is InChI=1S/C13H28N2OS/c1-11(2)7-15-5-6-16-13(10-15)9-14(4)8-12(3)17/h11-13,17H,5-10H2,1-4H3/t12?,13-/m0/s1. The molecule has 1 unspecified atom stereocenters. The van der Waals surface area contributed by atoms with E-state index in [1.807, 2.05) is 0 Å². The van der Waals surface area contributed by atoms with Gasteiger partial charge in [0.1, 0.15) is 0 Å². The Balaban J connectivity index is 2.29. The van der Waals surface area contributed by atoms with Crippen molar-refractivity contribution in [3.63, 3.8) is 0 Å². The normalized spacial score (nSPS) is 24.5. The first-order valence-electron chi connectivity index (χ1n) is 6.68. The van der Waals surface area contributed by atoms with Gasteiger partial charge >= 0.3 is 0 Å². The summed E-state index contributed by atoms with van der Waals surface area (Å²) >= 11 is 4.43. The third-order valence-corrected chi connectivity index (χ3v) is 3.10. The molecule has 1 rings (SSSR count). The summed E-state index contributed by atoms with van der Waals surface area (Å²) in [7, 11) is 2.15. The van der Waals surface area contributed by atoms with Crippen LogP contribution in [0.1, 0.15) is 20.8 Å². The molecule has 1 heterocycles. The van der Waals surface area contributed by atoms with Crippen molar-refractivity contribution in [1.82, 2.24) is 9.80 Å². The first-order valence-corrected chi connectivity index (χ1v) is 7.19. The average molecular weight is 260 g/mol. The monoisotopic (exact) mass is 260 g/mol. The zero-order valence-electron chi connectivity index (χ0n) is 11.7. The maximum Gasteiger partial charge on any atom is 0.0829 e. The van der Waals surface area contributed by atoms with E-state index in [1.165, 1.54) is 6.54 Å². The Morgan fingerprint density at radius 3 is 2.71 bits per heavy atom. The lowest BCUT2D eigenvalue weighted by Crippen LogP contribution is -2.48. The molecule has 0 N–H and O–H groups in total. The largest absolute Gasteiger partial charge is 0.374 e. The zero-order chi connectivity index (χ0) is 12.8. The minimum Gasteiger partial charge on any atom is -0.374 e. The van der Waals surface area contributed by atoms with E-state index in [0.717, 1.165) is 38.7 Å².